The van der Waals surface area contributed by atoms with Crippen LogP contribution in [0.25, 0.3) is 22.8 Å². The largest absolute Gasteiger partial charge is 0.399 e. The van der Waals surface area contributed by atoms with E-state index in [9.17, 15) is 0 Å². The second-order valence-corrected chi connectivity index (χ2v) is 4.44. The van der Waals surface area contributed by atoms with Gasteiger partial charge in [0.05, 0.1) is 10.6 Å². The molecule has 4 nitrogen and oxygen atoms in total. The van der Waals surface area contributed by atoms with E-state index in [2.05, 4.69) is 10.1 Å². The summed E-state index contributed by atoms with van der Waals surface area (Å²) in [6.45, 7) is 0. The van der Waals surface area contributed by atoms with E-state index >= 15 is 0 Å². The topological polar surface area (TPSA) is 64.9 Å². The van der Waals surface area contributed by atoms with Crippen molar-refractivity contribution in [2.45, 2.75) is 0 Å². The summed E-state index contributed by atoms with van der Waals surface area (Å²) in [6, 6.07) is 14.6. The van der Waals surface area contributed by atoms with Gasteiger partial charge in [-0.15, -0.1) is 0 Å². The van der Waals surface area contributed by atoms with Crippen molar-refractivity contribution in [3.8, 4) is 22.8 Å². The fourth-order valence-electron chi connectivity index (χ4n) is 1.76. The molecule has 0 atom stereocenters. The zero-order valence-corrected chi connectivity index (χ0v) is 10.6. The predicted molar refractivity (Wildman–Crippen MR) is 74.6 cm³/mol. The van der Waals surface area contributed by atoms with Crippen molar-refractivity contribution in [2.75, 3.05) is 5.73 Å². The van der Waals surface area contributed by atoms with Gasteiger partial charge in [0.1, 0.15) is 0 Å². The summed E-state index contributed by atoms with van der Waals surface area (Å²) in [5.41, 5.74) is 7.91. The maximum Gasteiger partial charge on any atom is 0.259 e. The lowest BCUT2D eigenvalue weighted by molar-refractivity contribution is 0.432. The molecule has 3 rings (SSSR count). The van der Waals surface area contributed by atoms with E-state index < -0.39 is 0 Å². The van der Waals surface area contributed by atoms with Crippen LogP contribution in [0.2, 0.25) is 5.02 Å². The average molecular weight is 272 g/mol. The first-order valence-corrected chi connectivity index (χ1v) is 6.06. The number of nitrogen functional groups attached to an aromatic ring is 1. The van der Waals surface area contributed by atoms with Gasteiger partial charge in [-0.05, 0) is 24.3 Å². The molecule has 5 heteroatoms. The number of hydrogen-bond donors (Lipinski definition) is 1. The molecule has 0 radical (unpaired) electrons. The number of nitrogens with zero attached hydrogens (tertiary/aromatic N) is 2. The third-order valence-electron chi connectivity index (χ3n) is 2.68. The minimum absolute atomic E-state index is 0.392. The van der Waals surface area contributed by atoms with Crippen LogP contribution in [-0.4, -0.2) is 10.1 Å². The number of benzene rings is 2. The third kappa shape index (κ3) is 2.30. The van der Waals surface area contributed by atoms with Gasteiger partial charge in [0.25, 0.3) is 5.89 Å². The number of anilines is 1. The molecule has 0 amide bonds. The highest BCUT2D eigenvalue weighted by molar-refractivity contribution is 6.33. The van der Waals surface area contributed by atoms with E-state index in [0.29, 0.717) is 28.0 Å². The minimum Gasteiger partial charge on any atom is -0.399 e. The van der Waals surface area contributed by atoms with Gasteiger partial charge in [0.2, 0.25) is 5.82 Å². The Morgan fingerprint density at radius 2 is 1.89 bits per heavy atom. The predicted octanol–water partition coefficient (Wildman–Crippen LogP) is 3.64. The Labute approximate surface area is 114 Å². The highest BCUT2D eigenvalue weighted by atomic mass is 35.5. The van der Waals surface area contributed by atoms with Gasteiger partial charge in [-0.2, -0.15) is 4.98 Å². The fourth-order valence-corrected chi connectivity index (χ4v) is 1.98. The normalized spacial score (nSPS) is 10.6. The quantitative estimate of drug-likeness (QED) is 0.723. The Kier molecular flexibility index (Phi) is 2.93. The molecule has 2 aromatic carbocycles. The number of aromatic nitrogens is 2. The van der Waals surface area contributed by atoms with Gasteiger partial charge in [0.15, 0.2) is 0 Å². The first kappa shape index (κ1) is 11.7. The molecule has 0 spiro atoms. The minimum atomic E-state index is 0.392. The van der Waals surface area contributed by atoms with Crippen LogP contribution in [0.3, 0.4) is 0 Å². The first-order chi connectivity index (χ1) is 9.24. The SMILES string of the molecule is Nc1cccc(-c2noc(-c3ccccc3Cl)n2)c1. The molecule has 1 heterocycles. The van der Waals surface area contributed by atoms with Crippen LogP contribution in [0.1, 0.15) is 0 Å². The summed E-state index contributed by atoms with van der Waals surface area (Å²) >= 11 is 6.09. The van der Waals surface area contributed by atoms with Crippen molar-refractivity contribution < 1.29 is 4.52 Å². The second kappa shape index (κ2) is 4.74. The molecule has 19 heavy (non-hydrogen) atoms. The standard InChI is InChI=1S/C14H10ClN3O/c15-12-7-2-1-6-11(12)14-17-13(18-19-14)9-4-3-5-10(16)8-9/h1-8H,16H2. The average Bonchev–Trinajstić information content (AvgIpc) is 2.89. The summed E-state index contributed by atoms with van der Waals surface area (Å²) in [5, 5.41) is 4.52. The van der Waals surface area contributed by atoms with Crippen molar-refractivity contribution >= 4 is 17.3 Å². The Morgan fingerprint density at radius 1 is 1.05 bits per heavy atom. The first-order valence-electron chi connectivity index (χ1n) is 5.68. The van der Waals surface area contributed by atoms with Crippen molar-refractivity contribution in [3.63, 3.8) is 0 Å². The summed E-state index contributed by atoms with van der Waals surface area (Å²) < 4.78 is 5.24. The molecule has 1 aromatic heterocycles. The van der Waals surface area contributed by atoms with Crippen LogP contribution < -0.4 is 5.73 Å². The summed E-state index contributed by atoms with van der Waals surface area (Å²) in [6.07, 6.45) is 0. The van der Waals surface area contributed by atoms with E-state index in [1.807, 2.05) is 30.3 Å². The van der Waals surface area contributed by atoms with Crippen LogP contribution in [0.15, 0.2) is 53.1 Å². The van der Waals surface area contributed by atoms with Gasteiger partial charge >= 0.3 is 0 Å². The maximum atomic E-state index is 6.09. The van der Waals surface area contributed by atoms with Crippen LogP contribution >= 0.6 is 11.6 Å². The molecule has 0 fully saturated rings. The van der Waals surface area contributed by atoms with E-state index in [1.54, 1.807) is 18.2 Å². The number of hydrogen-bond acceptors (Lipinski definition) is 4. The maximum absolute atomic E-state index is 6.09. The number of rotatable bonds is 2. The zero-order chi connectivity index (χ0) is 13.2. The van der Waals surface area contributed by atoms with Gasteiger partial charge in [-0.25, -0.2) is 0 Å². The smallest absolute Gasteiger partial charge is 0.259 e. The Balaban J connectivity index is 2.03. The number of nitrogens with two attached hydrogens (primary N) is 1. The molecule has 94 valence electrons. The highest BCUT2D eigenvalue weighted by Crippen LogP contribution is 2.28. The fraction of sp³-hybridized carbons (Fsp3) is 0. The van der Waals surface area contributed by atoms with Crippen LogP contribution in [0.5, 0.6) is 0 Å². The molecule has 2 N–H and O–H groups in total. The second-order valence-electron chi connectivity index (χ2n) is 4.03. The van der Waals surface area contributed by atoms with Crippen LogP contribution in [0, 0.1) is 0 Å². The molecule has 0 aliphatic carbocycles. The van der Waals surface area contributed by atoms with Gasteiger partial charge in [-0.3, -0.25) is 0 Å². The van der Waals surface area contributed by atoms with E-state index in [1.165, 1.54) is 0 Å². The van der Waals surface area contributed by atoms with Crippen molar-refractivity contribution in [1.82, 2.24) is 10.1 Å². The molecule has 0 aliphatic rings. The Bertz CT molecular complexity index is 724. The van der Waals surface area contributed by atoms with E-state index in [-0.39, 0.29) is 0 Å². The summed E-state index contributed by atoms with van der Waals surface area (Å²) in [5.74, 6) is 0.880. The van der Waals surface area contributed by atoms with Gasteiger partial charge in [-0.1, -0.05) is 41.0 Å². The lowest BCUT2D eigenvalue weighted by Gasteiger charge is -1.96. The van der Waals surface area contributed by atoms with Crippen LogP contribution in [0.4, 0.5) is 5.69 Å². The zero-order valence-electron chi connectivity index (χ0n) is 9.88. The lowest BCUT2D eigenvalue weighted by Crippen LogP contribution is -1.86. The van der Waals surface area contributed by atoms with Crippen LogP contribution in [-0.2, 0) is 0 Å². The van der Waals surface area contributed by atoms with Crippen molar-refractivity contribution in [1.29, 1.82) is 0 Å². The molecule has 3 aromatic rings. The monoisotopic (exact) mass is 271 g/mol. The molecular formula is C14H10ClN3O. The van der Waals surface area contributed by atoms with Crippen molar-refractivity contribution in [3.05, 3.63) is 53.6 Å². The van der Waals surface area contributed by atoms with Gasteiger partial charge in [0, 0.05) is 11.3 Å². The molecule has 0 bridgehead atoms. The number of halogens is 1. The molecular weight excluding hydrogens is 262 g/mol. The molecule has 0 aliphatic heterocycles. The van der Waals surface area contributed by atoms with Gasteiger partial charge < -0.3 is 10.3 Å². The summed E-state index contributed by atoms with van der Waals surface area (Å²) in [4.78, 5) is 4.33. The Morgan fingerprint density at radius 3 is 2.68 bits per heavy atom. The van der Waals surface area contributed by atoms with E-state index in [4.69, 9.17) is 21.9 Å². The lowest BCUT2D eigenvalue weighted by atomic mass is 10.2. The molecule has 0 saturated carbocycles. The Hall–Kier alpha value is -2.33. The molecule has 0 saturated heterocycles. The van der Waals surface area contributed by atoms with Crippen molar-refractivity contribution in [2.24, 2.45) is 0 Å². The van der Waals surface area contributed by atoms with E-state index in [0.717, 1.165) is 5.56 Å². The highest BCUT2D eigenvalue weighted by Gasteiger charge is 2.12. The molecule has 0 unspecified atom stereocenters. The summed E-state index contributed by atoms with van der Waals surface area (Å²) in [7, 11) is 0. The third-order valence-corrected chi connectivity index (χ3v) is 3.00.